The maximum atomic E-state index is 13.9. The quantitative estimate of drug-likeness (QED) is 0.437. The van der Waals surface area contributed by atoms with Crippen molar-refractivity contribution >= 4 is 6.29 Å². The van der Waals surface area contributed by atoms with Crippen LogP contribution in [0.5, 0.6) is 0 Å². The topological polar surface area (TPSA) is 60.2 Å². The number of alkyl halides is 1. The summed E-state index contributed by atoms with van der Waals surface area (Å²) in [6.45, 7) is 0.455. The van der Waals surface area contributed by atoms with Gasteiger partial charge in [0.25, 0.3) is 0 Å². The van der Waals surface area contributed by atoms with Gasteiger partial charge < -0.3 is 0 Å². The van der Waals surface area contributed by atoms with Crippen molar-refractivity contribution in [1.29, 1.82) is 0 Å². The largest absolute Gasteiger partial charge is 0.300 e. The molecule has 2 atom stereocenters. The molecule has 1 rings (SSSR count). The highest BCUT2D eigenvalue weighted by Crippen LogP contribution is 2.30. The van der Waals surface area contributed by atoms with Gasteiger partial charge in [0.2, 0.25) is 6.54 Å². The molecule has 1 aromatic carbocycles. The second-order valence-electron chi connectivity index (χ2n) is 3.75. The van der Waals surface area contributed by atoms with Crippen LogP contribution >= 0.6 is 0 Å². The highest BCUT2D eigenvalue weighted by atomic mass is 19.1. The van der Waals surface area contributed by atoms with Gasteiger partial charge in [0, 0.05) is 4.92 Å². The molecule has 0 aliphatic heterocycles. The van der Waals surface area contributed by atoms with E-state index in [1.165, 1.54) is 0 Å². The summed E-state index contributed by atoms with van der Waals surface area (Å²) >= 11 is 0. The predicted octanol–water partition coefficient (Wildman–Crippen LogP) is 1.97. The third-order valence-corrected chi connectivity index (χ3v) is 2.45. The summed E-state index contributed by atoms with van der Waals surface area (Å²) in [5.74, 6) is -1.05. The smallest absolute Gasteiger partial charge is 0.214 e. The van der Waals surface area contributed by atoms with E-state index in [2.05, 4.69) is 0 Å². The first-order valence-electron chi connectivity index (χ1n) is 4.79. The first kappa shape index (κ1) is 12.3. The maximum absolute atomic E-state index is 13.9. The molecule has 0 aliphatic rings. The molecular weight excluding hydrogens is 213 g/mol. The molecule has 0 bridgehead atoms. The van der Waals surface area contributed by atoms with E-state index < -0.39 is 23.1 Å². The van der Waals surface area contributed by atoms with Gasteiger partial charge >= 0.3 is 0 Å². The molecular formula is C11H12FNO3. The van der Waals surface area contributed by atoms with E-state index in [1.807, 2.05) is 0 Å². The van der Waals surface area contributed by atoms with Crippen molar-refractivity contribution in [3.63, 3.8) is 0 Å². The molecule has 0 heterocycles. The minimum atomic E-state index is -2.23. The highest BCUT2D eigenvalue weighted by Gasteiger charge is 2.38. The molecule has 0 N–H and O–H groups in total. The summed E-state index contributed by atoms with van der Waals surface area (Å²) in [7, 11) is 0. The van der Waals surface area contributed by atoms with Crippen LogP contribution in [0.25, 0.3) is 0 Å². The second-order valence-corrected chi connectivity index (χ2v) is 3.75. The van der Waals surface area contributed by atoms with E-state index in [-0.39, 0.29) is 6.29 Å². The van der Waals surface area contributed by atoms with Crippen LogP contribution in [-0.2, 0) is 4.79 Å². The summed E-state index contributed by atoms with van der Waals surface area (Å²) in [5.41, 5.74) is -1.77. The molecule has 0 spiro atoms. The lowest BCUT2D eigenvalue weighted by Gasteiger charge is -2.22. The lowest BCUT2D eigenvalue weighted by Crippen LogP contribution is -2.34. The zero-order valence-corrected chi connectivity index (χ0v) is 8.80. The molecule has 5 heteroatoms. The first-order chi connectivity index (χ1) is 7.47. The number of benzene rings is 1. The molecule has 0 amide bonds. The van der Waals surface area contributed by atoms with E-state index >= 15 is 0 Å². The summed E-state index contributed by atoms with van der Waals surface area (Å²) in [4.78, 5) is 20.5. The Bertz CT molecular complexity index is 378. The predicted molar refractivity (Wildman–Crippen MR) is 56.6 cm³/mol. The van der Waals surface area contributed by atoms with Gasteiger partial charge in [-0.2, -0.15) is 0 Å². The molecule has 0 saturated carbocycles. The molecule has 86 valence electrons. The summed E-state index contributed by atoms with van der Waals surface area (Å²) in [5, 5.41) is 10.5. The number of nitrogens with zero attached hydrogens (tertiary/aromatic N) is 1. The SMILES string of the molecule is C[C@@](F)(C=O)[C@@H](C[N+](=O)[O-])c1ccccc1. The molecule has 16 heavy (non-hydrogen) atoms. The molecule has 0 radical (unpaired) electrons. The fraction of sp³-hybridized carbons (Fsp3) is 0.364. The van der Waals surface area contributed by atoms with Crippen LogP contribution in [0.1, 0.15) is 18.4 Å². The van der Waals surface area contributed by atoms with Gasteiger partial charge in [-0.25, -0.2) is 4.39 Å². The minimum Gasteiger partial charge on any atom is -0.300 e. The van der Waals surface area contributed by atoms with E-state index in [9.17, 15) is 19.3 Å². The number of nitro groups is 1. The van der Waals surface area contributed by atoms with Crippen LogP contribution in [0.3, 0.4) is 0 Å². The molecule has 4 nitrogen and oxygen atoms in total. The fourth-order valence-electron chi connectivity index (χ4n) is 1.53. The van der Waals surface area contributed by atoms with Crippen LogP contribution in [0.15, 0.2) is 30.3 Å². The Morgan fingerprint density at radius 1 is 1.50 bits per heavy atom. The third-order valence-electron chi connectivity index (χ3n) is 2.45. The number of rotatable bonds is 5. The van der Waals surface area contributed by atoms with E-state index in [0.717, 1.165) is 6.92 Å². The molecule has 0 saturated heterocycles. The molecule has 0 fully saturated rings. The maximum Gasteiger partial charge on any atom is 0.214 e. The average Bonchev–Trinajstić information content (AvgIpc) is 2.27. The second kappa shape index (κ2) is 4.83. The number of carbonyl (C=O) groups excluding carboxylic acids is 1. The van der Waals surface area contributed by atoms with E-state index in [0.29, 0.717) is 5.56 Å². The Morgan fingerprint density at radius 3 is 2.50 bits per heavy atom. The van der Waals surface area contributed by atoms with Gasteiger partial charge in [-0.3, -0.25) is 14.9 Å². The van der Waals surface area contributed by atoms with Crippen molar-refractivity contribution in [2.24, 2.45) is 0 Å². The number of halogens is 1. The van der Waals surface area contributed by atoms with E-state index in [1.54, 1.807) is 30.3 Å². The van der Waals surface area contributed by atoms with E-state index in [4.69, 9.17) is 0 Å². The average molecular weight is 225 g/mol. The van der Waals surface area contributed by atoms with Crippen molar-refractivity contribution in [1.82, 2.24) is 0 Å². The van der Waals surface area contributed by atoms with Crippen molar-refractivity contribution in [2.75, 3.05) is 6.54 Å². The normalized spacial score (nSPS) is 16.1. The van der Waals surface area contributed by atoms with Gasteiger partial charge in [0.15, 0.2) is 12.0 Å². The molecule has 1 aromatic rings. The lowest BCUT2D eigenvalue weighted by molar-refractivity contribution is -0.485. The Hall–Kier alpha value is -1.78. The number of carbonyl (C=O) groups is 1. The Balaban J connectivity index is 3.06. The Kier molecular flexibility index (Phi) is 3.71. The fourth-order valence-corrected chi connectivity index (χ4v) is 1.53. The van der Waals surface area contributed by atoms with Crippen molar-refractivity contribution in [3.05, 3.63) is 46.0 Å². The van der Waals surface area contributed by atoms with Gasteiger partial charge in [-0.1, -0.05) is 30.3 Å². The zero-order chi connectivity index (χ0) is 12.2. The van der Waals surface area contributed by atoms with Gasteiger partial charge in [-0.15, -0.1) is 0 Å². The van der Waals surface area contributed by atoms with Gasteiger partial charge in [-0.05, 0) is 12.5 Å². The standard InChI is InChI=1S/C11H12FNO3/c1-11(12,8-14)10(7-13(15)16)9-5-3-2-4-6-9/h2-6,8,10H,7H2,1H3/t10-,11+/m0/s1. The Labute approximate surface area is 92.2 Å². The highest BCUT2D eigenvalue weighted by molar-refractivity contribution is 5.64. The van der Waals surface area contributed by atoms with Gasteiger partial charge in [0.1, 0.15) is 0 Å². The van der Waals surface area contributed by atoms with Crippen LogP contribution < -0.4 is 0 Å². The van der Waals surface area contributed by atoms with Crippen LogP contribution in [-0.4, -0.2) is 23.4 Å². The third kappa shape index (κ3) is 2.85. The molecule has 0 aromatic heterocycles. The number of aldehydes is 1. The Morgan fingerprint density at radius 2 is 2.06 bits per heavy atom. The van der Waals surface area contributed by atoms with Crippen molar-refractivity contribution in [2.45, 2.75) is 18.5 Å². The van der Waals surface area contributed by atoms with Crippen molar-refractivity contribution < 1.29 is 14.1 Å². The minimum absolute atomic E-state index is 0.119. The molecule has 0 unspecified atom stereocenters. The summed E-state index contributed by atoms with van der Waals surface area (Å²) in [6.07, 6.45) is 0.119. The monoisotopic (exact) mass is 225 g/mol. The van der Waals surface area contributed by atoms with Crippen LogP contribution in [0, 0.1) is 10.1 Å². The first-order valence-corrected chi connectivity index (χ1v) is 4.79. The number of hydrogen-bond acceptors (Lipinski definition) is 3. The zero-order valence-electron chi connectivity index (χ0n) is 8.80. The van der Waals surface area contributed by atoms with Crippen molar-refractivity contribution in [3.8, 4) is 0 Å². The molecule has 0 aliphatic carbocycles. The van der Waals surface area contributed by atoms with Crippen LogP contribution in [0.4, 0.5) is 4.39 Å². The lowest BCUT2D eigenvalue weighted by atomic mass is 9.86. The van der Waals surface area contributed by atoms with Crippen LogP contribution in [0.2, 0.25) is 0 Å². The van der Waals surface area contributed by atoms with Gasteiger partial charge in [0.05, 0.1) is 5.92 Å². The summed E-state index contributed by atoms with van der Waals surface area (Å²) in [6, 6.07) is 8.19. The summed E-state index contributed by atoms with van der Waals surface area (Å²) < 4.78 is 13.9. The number of hydrogen-bond donors (Lipinski definition) is 0.